The molecule has 24 heavy (non-hydrogen) atoms. The van der Waals surface area contributed by atoms with Crippen molar-refractivity contribution < 1.29 is 9.18 Å². The molecule has 0 saturated heterocycles. The lowest BCUT2D eigenvalue weighted by atomic mass is 10.2. The van der Waals surface area contributed by atoms with Crippen LogP contribution < -0.4 is 5.32 Å². The van der Waals surface area contributed by atoms with Gasteiger partial charge in [0.15, 0.2) is 5.82 Å². The molecule has 1 aromatic carbocycles. The Morgan fingerprint density at radius 2 is 2.25 bits per heavy atom. The highest BCUT2D eigenvalue weighted by molar-refractivity contribution is 9.10. The summed E-state index contributed by atoms with van der Waals surface area (Å²) in [5.41, 5.74) is 1.87. The molecule has 0 atom stereocenters. The molecular weight excluding hydrogens is 401 g/mol. The number of hydrogen-bond donors (Lipinski definition) is 2. The Hall–Kier alpha value is -2.19. The van der Waals surface area contributed by atoms with E-state index in [1.165, 1.54) is 18.3 Å². The lowest BCUT2D eigenvalue weighted by molar-refractivity contribution is 0.102. The first-order valence-corrected chi connectivity index (χ1v) is 8.09. The average molecular weight is 413 g/mol. The van der Waals surface area contributed by atoms with Crippen molar-refractivity contribution in [2.45, 2.75) is 13.5 Å². The van der Waals surface area contributed by atoms with E-state index in [1.54, 1.807) is 16.8 Å². The topological polar surface area (TPSA) is 75.6 Å². The molecule has 3 rings (SSSR count). The van der Waals surface area contributed by atoms with Crippen LogP contribution >= 0.6 is 27.5 Å². The third-order valence-corrected chi connectivity index (χ3v) is 4.33. The number of H-pyrrole nitrogens is 1. The van der Waals surface area contributed by atoms with Crippen LogP contribution in [0.1, 0.15) is 21.7 Å². The standard InChI is InChI=1S/C15H12BrClFN5O/c1-8-4-13(20-15(24)14-11(16)6-19-21-14)22-23(8)7-9-2-3-10(18)5-12(9)17/h2-6H,7H2,1H3,(H,19,21)(H,20,22,24). The second-order valence-corrected chi connectivity index (χ2v) is 6.37. The quantitative estimate of drug-likeness (QED) is 0.685. The van der Waals surface area contributed by atoms with E-state index in [1.807, 2.05) is 6.92 Å². The Morgan fingerprint density at radius 1 is 1.46 bits per heavy atom. The second-order valence-electron chi connectivity index (χ2n) is 5.11. The largest absolute Gasteiger partial charge is 0.304 e. The van der Waals surface area contributed by atoms with Crippen molar-refractivity contribution in [1.82, 2.24) is 20.0 Å². The number of carbonyl (C=O) groups excluding carboxylic acids is 1. The van der Waals surface area contributed by atoms with E-state index < -0.39 is 0 Å². The highest BCUT2D eigenvalue weighted by atomic mass is 79.9. The monoisotopic (exact) mass is 411 g/mol. The number of rotatable bonds is 4. The van der Waals surface area contributed by atoms with Crippen LogP contribution in [0, 0.1) is 12.7 Å². The number of nitrogens with zero attached hydrogens (tertiary/aromatic N) is 3. The van der Waals surface area contributed by atoms with E-state index in [4.69, 9.17) is 11.6 Å². The zero-order valence-corrected chi connectivity index (χ0v) is 14.8. The molecule has 6 nitrogen and oxygen atoms in total. The van der Waals surface area contributed by atoms with Crippen LogP contribution in [0.4, 0.5) is 10.2 Å². The van der Waals surface area contributed by atoms with Crippen LogP contribution in [-0.2, 0) is 6.54 Å². The molecule has 124 valence electrons. The summed E-state index contributed by atoms with van der Waals surface area (Å²) in [4.78, 5) is 12.1. The highest BCUT2D eigenvalue weighted by Crippen LogP contribution is 2.20. The minimum absolute atomic E-state index is 0.309. The summed E-state index contributed by atoms with van der Waals surface area (Å²) in [7, 11) is 0. The molecule has 1 amide bonds. The number of halogens is 3. The lowest BCUT2D eigenvalue weighted by Gasteiger charge is -2.06. The maximum absolute atomic E-state index is 13.1. The fraction of sp³-hybridized carbons (Fsp3) is 0.133. The number of anilines is 1. The zero-order chi connectivity index (χ0) is 17.3. The van der Waals surface area contributed by atoms with Gasteiger partial charge in [0.25, 0.3) is 5.91 Å². The Kier molecular flexibility index (Phi) is 4.68. The summed E-state index contributed by atoms with van der Waals surface area (Å²) in [6.45, 7) is 2.22. The van der Waals surface area contributed by atoms with Gasteiger partial charge in [-0.2, -0.15) is 10.2 Å². The van der Waals surface area contributed by atoms with Gasteiger partial charge in [0.2, 0.25) is 0 Å². The molecule has 0 radical (unpaired) electrons. The number of hydrogen-bond acceptors (Lipinski definition) is 3. The molecule has 0 bridgehead atoms. The third kappa shape index (κ3) is 3.49. The summed E-state index contributed by atoms with van der Waals surface area (Å²) >= 11 is 9.27. The van der Waals surface area contributed by atoms with Gasteiger partial charge in [-0.25, -0.2) is 4.39 Å². The highest BCUT2D eigenvalue weighted by Gasteiger charge is 2.15. The molecule has 0 aliphatic heterocycles. The first-order chi connectivity index (χ1) is 11.4. The number of aromatic nitrogens is 4. The maximum Gasteiger partial charge on any atom is 0.276 e. The third-order valence-electron chi connectivity index (χ3n) is 3.38. The minimum Gasteiger partial charge on any atom is -0.304 e. The zero-order valence-electron chi connectivity index (χ0n) is 12.5. The smallest absolute Gasteiger partial charge is 0.276 e. The van der Waals surface area contributed by atoms with E-state index in [2.05, 4.69) is 36.5 Å². The van der Waals surface area contributed by atoms with Gasteiger partial charge >= 0.3 is 0 Å². The van der Waals surface area contributed by atoms with Crippen molar-refractivity contribution >= 4 is 39.3 Å². The number of aromatic amines is 1. The van der Waals surface area contributed by atoms with Gasteiger partial charge in [-0.05, 0) is 40.5 Å². The van der Waals surface area contributed by atoms with Gasteiger partial charge < -0.3 is 5.32 Å². The number of amides is 1. The van der Waals surface area contributed by atoms with Gasteiger partial charge in [0, 0.05) is 16.8 Å². The van der Waals surface area contributed by atoms with E-state index in [0.29, 0.717) is 27.6 Å². The van der Waals surface area contributed by atoms with Crippen molar-refractivity contribution in [3.8, 4) is 0 Å². The number of nitrogens with one attached hydrogen (secondary N) is 2. The van der Waals surface area contributed by atoms with Gasteiger partial charge in [0.05, 0.1) is 17.2 Å². The Balaban J connectivity index is 1.78. The first kappa shape index (κ1) is 16.7. The Labute approximate surface area is 150 Å². The molecule has 2 aromatic heterocycles. The summed E-state index contributed by atoms with van der Waals surface area (Å²) in [6.07, 6.45) is 1.50. The van der Waals surface area contributed by atoms with Crippen LogP contribution in [0.2, 0.25) is 5.02 Å². The van der Waals surface area contributed by atoms with Crippen molar-refractivity contribution in [3.63, 3.8) is 0 Å². The van der Waals surface area contributed by atoms with Crippen LogP contribution in [0.5, 0.6) is 0 Å². The van der Waals surface area contributed by atoms with E-state index in [0.717, 1.165) is 11.3 Å². The fourth-order valence-electron chi connectivity index (χ4n) is 2.15. The van der Waals surface area contributed by atoms with E-state index >= 15 is 0 Å². The molecule has 3 aromatic rings. The summed E-state index contributed by atoms with van der Waals surface area (Å²) in [5, 5.41) is 13.7. The average Bonchev–Trinajstić information content (AvgIpc) is 3.08. The molecule has 2 heterocycles. The normalized spacial score (nSPS) is 10.8. The Morgan fingerprint density at radius 3 is 2.92 bits per heavy atom. The van der Waals surface area contributed by atoms with Gasteiger partial charge in [-0.1, -0.05) is 17.7 Å². The molecule has 2 N–H and O–H groups in total. The van der Waals surface area contributed by atoms with Crippen molar-refractivity contribution in [2.75, 3.05) is 5.32 Å². The number of aryl methyl sites for hydroxylation is 1. The second kappa shape index (κ2) is 6.74. The molecule has 0 fully saturated rings. The van der Waals surface area contributed by atoms with Gasteiger partial charge in [0.1, 0.15) is 11.5 Å². The Bertz CT molecular complexity index is 907. The molecule has 0 spiro atoms. The van der Waals surface area contributed by atoms with E-state index in [-0.39, 0.29) is 11.7 Å². The van der Waals surface area contributed by atoms with Gasteiger partial charge in [-0.15, -0.1) is 0 Å². The van der Waals surface area contributed by atoms with Crippen LogP contribution in [0.3, 0.4) is 0 Å². The summed E-state index contributed by atoms with van der Waals surface area (Å²) < 4.78 is 15.4. The number of carbonyl (C=O) groups is 1. The van der Waals surface area contributed by atoms with Crippen molar-refractivity contribution in [3.05, 3.63) is 62.7 Å². The van der Waals surface area contributed by atoms with Crippen LogP contribution in [-0.4, -0.2) is 25.9 Å². The van der Waals surface area contributed by atoms with Crippen LogP contribution in [0.15, 0.2) is 34.9 Å². The molecular formula is C15H12BrClFN5O. The fourth-order valence-corrected chi connectivity index (χ4v) is 2.75. The summed E-state index contributed by atoms with van der Waals surface area (Å²) in [6, 6.07) is 5.95. The van der Waals surface area contributed by atoms with Crippen molar-refractivity contribution in [2.24, 2.45) is 0 Å². The minimum atomic E-state index is -0.390. The molecule has 0 unspecified atom stereocenters. The van der Waals surface area contributed by atoms with Crippen molar-refractivity contribution in [1.29, 1.82) is 0 Å². The first-order valence-electron chi connectivity index (χ1n) is 6.92. The molecule has 0 saturated carbocycles. The predicted octanol–water partition coefficient (Wildman–Crippen LogP) is 3.77. The summed E-state index contributed by atoms with van der Waals surface area (Å²) in [5.74, 6) is -0.347. The van der Waals surface area contributed by atoms with Crippen LogP contribution in [0.25, 0.3) is 0 Å². The van der Waals surface area contributed by atoms with Gasteiger partial charge in [-0.3, -0.25) is 14.6 Å². The lowest BCUT2D eigenvalue weighted by Crippen LogP contribution is -2.14. The molecule has 0 aliphatic carbocycles. The molecule has 0 aliphatic rings. The van der Waals surface area contributed by atoms with E-state index in [9.17, 15) is 9.18 Å². The number of benzene rings is 1. The molecule has 9 heteroatoms. The maximum atomic E-state index is 13.1. The SMILES string of the molecule is Cc1cc(NC(=O)c2[nH]ncc2Br)nn1Cc1ccc(F)cc1Cl. The predicted molar refractivity (Wildman–Crippen MR) is 91.7 cm³/mol.